The number of hydrogen-bond donors (Lipinski definition) is 2. The lowest BCUT2D eigenvalue weighted by Gasteiger charge is -2.33. The SMILES string of the molecule is CC(=O)N[C@H]1CCCN(C(=O)NCc2ccnc(N(C)C)c2)C1. The van der Waals surface area contributed by atoms with Gasteiger partial charge >= 0.3 is 6.03 Å². The Bertz CT molecular complexity index is 561. The van der Waals surface area contributed by atoms with E-state index >= 15 is 0 Å². The molecule has 1 saturated heterocycles. The molecule has 0 bridgehead atoms. The molecular formula is C16H25N5O2. The van der Waals surface area contributed by atoms with Crippen molar-refractivity contribution in [2.24, 2.45) is 0 Å². The second kappa shape index (κ2) is 7.80. The minimum Gasteiger partial charge on any atom is -0.363 e. The third-order valence-corrected chi connectivity index (χ3v) is 3.83. The van der Waals surface area contributed by atoms with Gasteiger partial charge < -0.3 is 20.4 Å². The normalized spacial score (nSPS) is 17.5. The van der Waals surface area contributed by atoms with Crippen molar-refractivity contribution in [3.05, 3.63) is 23.9 Å². The van der Waals surface area contributed by atoms with Crippen LogP contribution in [0.4, 0.5) is 10.6 Å². The van der Waals surface area contributed by atoms with Gasteiger partial charge in [0.05, 0.1) is 0 Å². The van der Waals surface area contributed by atoms with Crippen molar-refractivity contribution in [2.45, 2.75) is 32.4 Å². The molecule has 3 amide bonds. The van der Waals surface area contributed by atoms with Crippen LogP contribution in [0.1, 0.15) is 25.3 Å². The highest BCUT2D eigenvalue weighted by atomic mass is 16.2. The first kappa shape index (κ1) is 17.1. The summed E-state index contributed by atoms with van der Waals surface area (Å²) in [6, 6.07) is 3.80. The predicted octanol–water partition coefficient (Wildman–Crippen LogP) is 0.958. The number of pyridine rings is 1. The molecule has 0 aliphatic carbocycles. The van der Waals surface area contributed by atoms with Gasteiger partial charge in [-0.2, -0.15) is 0 Å². The number of carbonyl (C=O) groups is 2. The molecule has 0 unspecified atom stereocenters. The van der Waals surface area contributed by atoms with Crippen molar-refractivity contribution in [2.75, 3.05) is 32.1 Å². The van der Waals surface area contributed by atoms with Crippen LogP contribution in [-0.2, 0) is 11.3 Å². The van der Waals surface area contributed by atoms with Crippen LogP contribution >= 0.6 is 0 Å². The van der Waals surface area contributed by atoms with Crippen LogP contribution in [0.5, 0.6) is 0 Å². The van der Waals surface area contributed by atoms with E-state index in [1.807, 2.05) is 31.1 Å². The molecule has 1 fully saturated rings. The summed E-state index contributed by atoms with van der Waals surface area (Å²) in [7, 11) is 3.86. The fourth-order valence-electron chi connectivity index (χ4n) is 2.67. The molecule has 126 valence electrons. The molecule has 1 aliphatic rings. The Hall–Kier alpha value is -2.31. The summed E-state index contributed by atoms with van der Waals surface area (Å²) in [6.45, 7) is 3.25. The van der Waals surface area contributed by atoms with Crippen LogP contribution in [0.3, 0.4) is 0 Å². The van der Waals surface area contributed by atoms with Crippen molar-refractivity contribution in [3.8, 4) is 0 Å². The van der Waals surface area contributed by atoms with E-state index in [1.54, 1.807) is 11.1 Å². The first-order valence-electron chi connectivity index (χ1n) is 7.88. The molecule has 7 nitrogen and oxygen atoms in total. The molecular weight excluding hydrogens is 294 g/mol. The number of rotatable bonds is 4. The zero-order valence-electron chi connectivity index (χ0n) is 14.0. The van der Waals surface area contributed by atoms with Gasteiger partial charge in [0.1, 0.15) is 5.82 Å². The van der Waals surface area contributed by atoms with Crippen LogP contribution in [0.2, 0.25) is 0 Å². The van der Waals surface area contributed by atoms with Gasteiger partial charge in [-0.25, -0.2) is 9.78 Å². The number of hydrogen-bond acceptors (Lipinski definition) is 4. The second-order valence-corrected chi connectivity index (χ2v) is 6.06. The largest absolute Gasteiger partial charge is 0.363 e. The van der Waals surface area contributed by atoms with E-state index < -0.39 is 0 Å². The van der Waals surface area contributed by atoms with Crippen molar-refractivity contribution < 1.29 is 9.59 Å². The minimum absolute atomic E-state index is 0.0493. The maximum atomic E-state index is 12.3. The smallest absolute Gasteiger partial charge is 0.317 e. The zero-order chi connectivity index (χ0) is 16.8. The number of nitrogens with one attached hydrogen (secondary N) is 2. The van der Waals surface area contributed by atoms with Crippen LogP contribution < -0.4 is 15.5 Å². The van der Waals surface area contributed by atoms with Gasteiger partial charge in [-0.3, -0.25) is 4.79 Å². The average Bonchev–Trinajstić information content (AvgIpc) is 2.52. The molecule has 1 aromatic rings. The van der Waals surface area contributed by atoms with Crippen molar-refractivity contribution in [3.63, 3.8) is 0 Å². The summed E-state index contributed by atoms with van der Waals surface area (Å²) >= 11 is 0. The molecule has 0 radical (unpaired) electrons. The molecule has 2 N–H and O–H groups in total. The minimum atomic E-state index is -0.0942. The van der Waals surface area contributed by atoms with E-state index in [0.29, 0.717) is 13.1 Å². The quantitative estimate of drug-likeness (QED) is 0.866. The summed E-state index contributed by atoms with van der Waals surface area (Å²) in [5.41, 5.74) is 1.01. The highest BCUT2D eigenvalue weighted by Crippen LogP contribution is 2.12. The summed E-state index contributed by atoms with van der Waals surface area (Å²) in [4.78, 5) is 31.4. The number of piperidine rings is 1. The van der Waals surface area contributed by atoms with E-state index in [-0.39, 0.29) is 18.0 Å². The Morgan fingerprint density at radius 2 is 2.22 bits per heavy atom. The molecule has 1 atom stereocenters. The zero-order valence-corrected chi connectivity index (χ0v) is 14.0. The Morgan fingerprint density at radius 3 is 2.91 bits per heavy atom. The molecule has 2 rings (SSSR count). The lowest BCUT2D eigenvalue weighted by molar-refractivity contribution is -0.119. The molecule has 0 saturated carbocycles. The Labute approximate surface area is 137 Å². The predicted molar refractivity (Wildman–Crippen MR) is 89.2 cm³/mol. The molecule has 2 heterocycles. The van der Waals surface area contributed by atoms with Crippen molar-refractivity contribution in [1.82, 2.24) is 20.5 Å². The second-order valence-electron chi connectivity index (χ2n) is 6.06. The van der Waals surface area contributed by atoms with E-state index in [9.17, 15) is 9.59 Å². The van der Waals surface area contributed by atoms with Crippen LogP contribution in [0.15, 0.2) is 18.3 Å². The third-order valence-electron chi connectivity index (χ3n) is 3.83. The third kappa shape index (κ3) is 5.12. The number of urea groups is 1. The first-order valence-corrected chi connectivity index (χ1v) is 7.88. The molecule has 23 heavy (non-hydrogen) atoms. The summed E-state index contributed by atoms with van der Waals surface area (Å²) in [5.74, 6) is 0.811. The van der Waals surface area contributed by atoms with Gasteiger partial charge in [0, 0.05) is 52.9 Å². The maximum absolute atomic E-state index is 12.3. The number of nitrogens with zero attached hydrogens (tertiary/aromatic N) is 3. The summed E-state index contributed by atoms with van der Waals surface area (Å²) < 4.78 is 0. The number of carbonyl (C=O) groups excluding carboxylic acids is 2. The van der Waals surface area contributed by atoms with Gasteiger partial charge in [-0.05, 0) is 30.5 Å². The van der Waals surface area contributed by atoms with Crippen LogP contribution in [0.25, 0.3) is 0 Å². The van der Waals surface area contributed by atoms with Crippen molar-refractivity contribution in [1.29, 1.82) is 0 Å². The lowest BCUT2D eigenvalue weighted by Crippen LogP contribution is -2.51. The molecule has 0 aromatic carbocycles. The highest BCUT2D eigenvalue weighted by Gasteiger charge is 2.23. The number of anilines is 1. The van der Waals surface area contributed by atoms with E-state index in [2.05, 4.69) is 15.6 Å². The Kier molecular flexibility index (Phi) is 5.78. The highest BCUT2D eigenvalue weighted by molar-refractivity contribution is 5.75. The van der Waals surface area contributed by atoms with E-state index in [4.69, 9.17) is 0 Å². The van der Waals surface area contributed by atoms with Crippen LogP contribution in [0, 0.1) is 0 Å². The fourth-order valence-corrected chi connectivity index (χ4v) is 2.67. The monoisotopic (exact) mass is 319 g/mol. The van der Waals surface area contributed by atoms with E-state index in [1.165, 1.54) is 6.92 Å². The Balaban J connectivity index is 1.86. The van der Waals surface area contributed by atoms with Gasteiger partial charge in [0.2, 0.25) is 5.91 Å². The number of aromatic nitrogens is 1. The van der Waals surface area contributed by atoms with Gasteiger partial charge in [0.25, 0.3) is 0 Å². The van der Waals surface area contributed by atoms with E-state index in [0.717, 1.165) is 30.8 Å². The summed E-state index contributed by atoms with van der Waals surface area (Å²) in [6.07, 6.45) is 3.56. The molecule has 1 aliphatic heterocycles. The topological polar surface area (TPSA) is 77.6 Å². The van der Waals surface area contributed by atoms with Crippen LogP contribution in [-0.4, -0.2) is 55.0 Å². The molecule has 7 heteroatoms. The average molecular weight is 319 g/mol. The fraction of sp³-hybridized carbons (Fsp3) is 0.562. The van der Waals surface area contributed by atoms with Gasteiger partial charge in [-0.1, -0.05) is 0 Å². The molecule has 0 spiro atoms. The van der Waals surface area contributed by atoms with Gasteiger partial charge in [-0.15, -0.1) is 0 Å². The summed E-state index contributed by atoms with van der Waals surface area (Å²) in [5, 5.41) is 5.82. The Morgan fingerprint density at radius 1 is 1.43 bits per heavy atom. The standard InChI is InChI=1S/C16H25N5O2/c1-12(22)19-14-5-4-8-21(11-14)16(23)18-10-13-6-7-17-15(9-13)20(2)3/h6-7,9,14H,4-5,8,10-11H2,1-3H3,(H,18,23)(H,19,22)/t14-/m0/s1. The maximum Gasteiger partial charge on any atom is 0.317 e. The first-order chi connectivity index (χ1) is 11.0. The lowest BCUT2D eigenvalue weighted by atomic mass is 10.1. The van der Waals surface area contributed by atoms with Gasteiger partial charge in [0.15, 0.2) is 0 Å². The molecule has 1 aromatic heterocycles. The number of likely N-dealkylation sites (tertiary alicyclic amines) is 1. The van der Waals surface area contributed by atoms with Crippen molar-refractivity contribution >= 4 is 17.8 Å². The number of amides is 3.